The highest BCUT2D eigenvalue weighted by Gasteiger charge is 2.24. The molecule has 0 amide bonds. The van der Waals surface area contributed by atoms with E-state index in [2.05, 4.69) is 6.92 Å². The van der Waals surface area contributed by atoms with E-state index in [0.29, 0.717) is 47.8 Å². The molecule has 0 bridgehead atoms. The van der Waals surface area contributed by atoms with Crippen LogP contribution < -0.4 is 14.2 Å². The van der Waals surface area contributed by atoms with E-state index >= 15 is 0 Å². The Morgan fingerprint density at radius 3 is 2.39 bits per heavy atom. The summed E-state index contributed by atoms with van der Waals surface area (Å²) in [5.74, 6) is -0.323. The number of Topliss-reactive ketones (excluding diaryl/α,β-unsaturated/α-hetero) is 1. The van der Waals surface area contributed by atoms with Crippen molar-refractivity contribution in [1.29, 1.82) is 0 Å². The summed E-state index contributed by atoms with van der Waals surface area (Å²) in [6.07, 6.45) is 6.32. The fourth-order valence-corrected chi connectivity index (χ4v) is 5.59. The quantitative estimate of drug-likeness (QED) is 0.109. The Morgan fingerprint density at radius 1 is 0.891 bits per heavy atom. The molecule has 0 radical (unpaired) electrons. The lowest BCUT2D eigenvalue weighted by molar-refractivity contribution is -0.136. The Labute approximate surface area is 269 Å². The molecule has 0 aliphatic carbocycles. The molecular weight excluding hydrogens is 588 g/mol. The average molecular weight is 631 g/mol. The molecule has 0 aromatic heterocycles. The van der Waals surface area contributed by atoms with Crippen LogP contribution in [-0.2, 0) is 17.6 Å². The lowest BCUT2D eigenvalue weighted by Gasteiger charge is -2.22. The van der Waals surface area contributed by atoms with Gasteiger partial charge in [-0.25, -0.2) is 4.79 Å². The van der Waals surface area contributed by atoms with Gasteiger partial charge in [-0.1, -0.05) is 32.4 Å². The summed E-state index contributed by atoms with van der Waals surface area (Å²) in [6.45, 7) is 5.08. The maximum Gasteiger partial charge on any atom is 0.335 e. The number of ketones is 2. The first-order chi connectivity index (χ1) is 22.2. The Kier molecular flexibility index (Phi) is 12.3. The van der Waals surface area contributed by atoms with Crippen molar-refractivity contribution in [3.63, 3.8) is 0 Å². The molecule has 1 aliphatic rings. The van der Waals surface area contributed by atoms with Gasteiger partial charge in [0.2, 0.25) is 0 Å². The molecule has 4 rings (SSSR count). The molecular formula is C37H42O9. The van der Waals surface area contributed by atoms with Gasteiger partial charge < -0.3 is 24.4 Å². The standard InChI is InChI=1S/C37H42O9/c1-3-9-30-33(17-15-29-31(38)19-21-45-36(29)30)44-20-7-5-6-12-28(4-2)46-32-16-13-26(22-24(32)14-18-34(39)40)35(41)25-10-8-11-27(23-25)37(42)43/h8,10-11,13,15-17,22-23,28H,3-7,9,12,14,18-21H2,1-2H3,(H,39,40)(H,42,43). The zero-order valence-corrected chi connectivity index (χ0v) is 26.5. The molecule has 9 heteroatoms. The average Bonchev–Trinajstić information content (AvgIpc) is 3.05. The van der Waals surface area contributed by atoms with Gasteiger partial charge in [0.15, 0.2) is 11.6 Å². The molecule has 1 unspecified atom stereocenters. The molecule has 3 aromatic rings. The molecule has 46 heavy (non-hydrogen) atoms. The number of fused-ring (bicyclic) bond motifs is 1. The Morgan fingerprint density at radius 2 is 1.65 bits per heavy atom. The first-order valence-electron chi connectivity index (χ1n) is 16.1. The van der Waals surface area contributed by atoms with E-state index in [1.54, 1.807) is 30.3 Å². The van der Waals surface area contributed by atoms with Crippen molar-refractivity contribution in [2.45, 2.75) is 84.2 Å². The van der Waals surface area contributed by atoms with Gasteiger partial charge in [0, 0.05) is 29.5 Å². The number of rotatable bonds is 18. The van der Waals surface area contributed by atoms with Crippen LogP contribution in [0.1, 0.15) is 113 Å². The molecule has 244 valence electrons. The normalized spacial score (nSPS) is 13.0. The molecule has 0 saturated heterocycles. The van der Waals surface area contributed by atoms with E-state index < -0.39 is 11.9 Å². The van der Waals surface area contributed by atoms with Gasteiger partial charge in [-0.05, 0) is 93.0 Å². The number of aryl methyl sites for hydroxylation is 1. The number of unbranched alkanes of at least 4 members (excludes halogenated alkanes) is 2. The highest BCUT2D eigenvalue weighted by atomic mass is 16.5. The number of benzene rings is 3. The lowest BCUT2D eigenvalue weighted by Crippen LogP contribution is -2.17. The summed E-state index contributed by atoms with van der Waals surface area (Å²) >= 11 is 0. The molecule has 1 heterocycles. The molecule has 0 fully saturated rings. The van der Waals surface area contributed by atoms with Gasteiger partial charge in [0.25, 0.3) is 0 Å². The second kappa shape index (κ2) is 16.6. The van der Waals surface area contributed by atoms with Gasteiger partial charge in [-0.2, -0.15) is 0 Å². The molecule has 1 aliphatic heterocycles. The molecule has 9 nitrogen and oxygen atoms in total. The number of carboxylic acids is 2. The van der Waals surface area contributed by atoms with Crippen LogP contribution in [0.2, 0.25) is 0 Å². The van der Waals surface area contributed by atoms with Crippen molar-refractivity contribution < 1.29 is 43.6 Å². The summed E-state index contributed by atoms with van der Waals surface area (Å²) in [4.78, 5) is 48.2. The molecule has 0 saturated carbocycles. The van der Waals surface area contributed by atoms with Gasteiger partial charge in [-0.15, -0.1) is 0 Å². The Bertz CT molecular complexity index is 1560. The largest absolute Gasteiger partial charge is 0.493 e. The number of carbonyl (C=O) groups excluding carboxylic acids is 2. The predicted octanol–water partition coefficient (Wildman–Crippen LogP) is 7.35. The van der Waals surface area contributed by atoms with Crippen LogP contribution in [0.15, 0.2) is 54.6 Å². The van der Waals surface area contributed by atoms with Crippen LogP contribution in [0.4, 0.5) is 0 Å². The monoisotopic (exact) mass is 630 g/mol. The van der Waals surface area contributed by atoms with E-state index in [0.717, 1.165) is 56.3 Å². The van der Waals surface area contributed by atoms with Crippen LogP contribution in [0.5, 0.6) is 17.2 Å². The van der Waals surface area contributed by atoms with Crippen molar-refractivity contribution in [2.24, 2.45) is 0 Å². The van der Waals surface area contributed by atoms with Crippen molar-refractivity contribution in [2.75, 3.05) is 13.2 Å². The molecule has 3 aromatic carbocycles. The van der Waals surface area contributed by atoms with Gasteiger partial charge in [0.05, 0.1) is 30.4 Å². The van der Waals surface area contributed by atoms with E-state index in [1.165, 1.54) is 18.2 Å². The smallest absolute Gasteiger partial charge is 0.335 e. The minimum Gasteiger partial charge on any atom is -0.493 e. The molecule has 1 atom stereocenters. The van der Waals surface area contributed by atoms with Crippen LogP contribution >= 0.6 is 0 Å². The number of aromatic carboxylic acids is 1. The SMILES string of the molecule is CCCc1c(OCCCCCC(CC)Oc2ccc(C(=O)c3cccc(C(=O)O)c3)cc2CCC(=O)O)ccc2c1OCCC2=O. The predicted molar refractivity (Wildman–Crippen MR) is 173 cm³/mol. The number of carboxylic acid groups (broad SMARTS) is 2. The Balaban J connectivity index is 1.34. The number of carbonyl (C=O) groups is 4. The van der Waals surface area contributed by atoms with Gasteiger partial charge >= 0.3 is 11.9 Å². The summed E-state index contributed by atoms with van der Waals surface area (Å²) < 4.78 is 18.3. The summed E-state index contributed by atoms with van der Waals surface area (Å²) in [5, 5.41) is 18.6. The van der Waals surface area contributed by atoms with Crippen molar-refractivity contribution >= 4 is 23.5 Å². The van der Waals surface area contributed by atoms with Gasteiger partial charge in [0.1, 0.15) is 17.2 Å². The minimum absolute atomic E-state index is 0.0152. The molecule has 2 N–H and O–H groups in total. The first kappa shape index (κ1) is 34.2. The zero-order valence-electron chi connectivity index (χ0n) is 26.5. The van der Waals surface area contributed by atoms with E-state index in [-0.39, 0.29) is 41.6 Å². The third-order valence-electron chi connectivity index (χ3n) is 8.07. The van der Waals surface area contributed by atoms with Gasteiger partial charge in [-0.3, -0.25) is 14.4 Å². The fraction of sp³-hybridized carbons (Fsp3) is 0.405. The summed E-state index contributed by atoms with van der Waals surface area (Å²) in [5.41, 5.74) is 2.82. The van der Waals surface area contributed by atoms with Crippen molar-refractivity contribution in [3.8, 4) is 17.2 Å². The first-order valence-corrected chi connectivity index (χ1v) is 16.1. The van der Waals surface area contributed by atoms with Crippen LogP contribution in [0.25, 0.3) is 0 Å². The summed E-state index contributed by atoms with van der Waals surface area (Å²) in [7, 11) is 0. The van der Waals surface area contributed by atoms with Crippen LogP contribution in [0.3, 0.4) is 0 Å². The van der Waals surface area contributed by atoms with Crippen LogP contribution in [0, 0.1) is 0 Å². The number of aliphatic carboxylic acids is 1. The second-order valence-electron chi connectivity index (χ2n) is 11.5. The van der Waals surface area contributed by atoms with Crippen molar-refractivity contribution in [1.82, 2.24) is 0 Å². The summed E-state index contributed by atoms with van der Waals surface area (Å²) in [6, 6.07) is 14.5. The van der Waals surface area contributed by atoms with E-state index in [4.69, 9.17) is 14.2 Å². The Hall–Kier alpha value is -4.66. The highest BCUT2D eigenvalue weighted by Crippen LogP contribution is 2.36. The number of hydrogen-bond donors (Lipinski definition) is 2. The zero-order chi connectivity index (χ0) is 33.1. The topological polar surface area (TPSA) is 136 Å². The van der Waals surface area contributed by atoms with E-state index in [1.807, 2.05) is 13.0 Å². The fourth-order valence-electron chi connectivity index (χ4n) is 5.59. The minimum atomic E-state index is -1.12. The number of hydrogen-bond acceptors (Lipinski definition) is 7. The highest BCUT2D eigenvalue weighted by molar-refractivity contribution is 6.10. The number of ether oxygens (including phenoxy) is 3. The third-order valence-corrected chi connectivity index (χ3v) is 8.07. The van der Waals surface area contributed by atoms with Crippen LogP contribution in [-0.4, -0.2) is 53.0 Å². The maximum absolute atomic E-state index is 13.2. The maximum atomic E-state index is 13.2. The second-order valence-corrected chi connectivity index (χ2v) is 11.5. The lowest BCUT2D eigenvalue weighted by atomic mass is 9.97. The molecule has 0 spiro atoms. The third kappa shape index (κ3) is 8.96. The van der Waals surface area contributed by atoms with Crippen molar-refractivity contribution in [3.05, 3.63) is 88.0 Å². The van der Waals surface area contributed by atoms with E-state index in [9.17, 15) is 29.4 Å².